The number of nitrogens with one attached hydrogen (secondary N) is 1. The van der Waals surface area contributed by atoms with Crippen LogP contribution in [0.15, 0.2) is 55.0 Å². The van der Waals surface area contributed by atoms with Crippen molar-refractivity contribution in [2.24, 2.45) is 0 Å². The molecule has 0 radical (unpaired) electrons. The second-order valence-corrected chi connectivity index (χ2v) is 6.14. The summed E-state index contributed by atoms with van der Waals surface area (Å²) in [7, 11) is 0. The Morgan fingerprint density at radius 1 is 1.15 bits per heavy atom. The fourth-order valence-electron chi connectivity index (χ4n) is 2.80. The molecule has 0 fully saturated rings. The van der Waals surface area contributed by atoms with Gasteiger partial charge in [-0.15, -0.1) is 5.10 Å². The van der Waals surface area contributed by atoms with Gasteiger partial charge in [-0.2, -0.15) is 0 Å². The summed E-state index contributed by atoms with van der Waals surface area (Å²) in [5.74, 6) is 1.14. The van der Waals surface area contributed by atoms with Crippen LogP contribution in [0.25, 0.3) is 17.0 Å². The van der Waals surface area contributed by atoms with Gasteiger partial charge in [-0.05, 0) is 37.3 Å². The minimum atomic E-state index is 0.0607. The molecule has 4 aromatic rings. The first-order valence-corrected chi connectivity index (χ1v) is 8.69. The molecule has 4 rings (SSSR count). The van der Waals surface area contributed by atoms with Crippen LogP contribution in [-0.4, -0.2) is 30.3 Å². The van der Waals surface area contributed by atoms with E-state index >= 15 is 0 Å². The summed E-state index contributed by atoms with van der Waals surface area (Å²) in [6.07, 6.45) is 5.57. The third-order valence-corrected chi connectivity index (χ3v) is 4.17. The van der Waals surface area contributed by atoms with Crippen molar-refractivity contribution in [1.29, 1.82) is 0 Å². The van der Waals surface area contributed by atoms with Gasteiger partial charge in [0.25, 0.3) is 0 Å². The third kappa shape index (κ3) is 3.39. The number of fused-ring (bicyclic) bond motifs is 1. The SMILES string of the molecule is CCC(=O)c1cc2c(Nc3ccncc3)nc(-c3cccc(C)n3)nn2c1. The molecule has 7 heteroatoms. The average molecular weight is 358 g/mol. The molecule has 0 amide bonds. The molecular formula is C20H18N6O. The van der Waals surface area contributed by atoms with Gasteiger partial charge in [0.2, 0.25) is 5.82 Å². The zero-order chi connectivity index (χ0) is 18.8. The summed E-state index contributed by atoms with van der Waals surface area (Å²) in [6.45, 7) is 3.76. The Bertz CT molecular complexity index is 1120. The first kappa shape index (κ1) is 16.8. The first-order chi connectivity index (χ1) is 13.1. The van der Waals surface area contributed by atoms with Gasteiger partial charge in [0.1, 0.15) is 11.2 Å². The van der Waals surface area contributed by atoms with Gasteiger partial charge in [0.05, 0.1) is 0 Å². The topological polar surface area (TPSA) is 85.1 Å². The van der Waals surface area contributed by atoms with Gasteiger partial charge in [-0.25, -0.2) is 14.5 Å². The summed E-state index contributed by atoms with van der Waals surface area (Å²) in [4.78, 5) is 25.4. The second-order valence-electron chi connectivity index (χ2n) is 6.14. The number of pyridine rings is 2. The Hall–Kier alpha value is -3.61. The first-order valence-electron chi connectivity index (χ1n) is 8.69. The van der Waals surface area contributed by atoms with Crippen LogP contribution in [0.2, 0.25) is 0 Å². The van der Waals surface area contributed by atoms with Crippen molar-refractivity contribution in [1.82, 2.24) is 24.6 Å². The lowest BCUT2D eigenvalue weighted by Crippen LogP contribution is -2.04. The van der Waals surface area contributed by atoms with E-state index in [0.717, 1.165) is 16.9 Å². The smallest absolute Gasteiger partial charge is 0.200 e. The van der Waals surface area contributed by atoms with Crippen molar-refractivity contribution in [2.75, 3.05) is 5.32 Å². The molecule has 0 aliphatic rings. The van der Waals surface area contributed by atoms with Crippen LogP contribution in [0.1, 0.15) is 29.4 Å². The highest BCUT2D eigenvalue weighted by atomic mass is 16.1. The van der Waals surface area contributed by atoms with E-state index in [2.05, 4.69) is 25.4 Å². The Labute approximate surface area is 156 Å². The van der Waals surface area contributed by atoms with Crippen molar-refractivity contribution in [3.05, 3.63) is 66.2 Å². The van der Waals surface area contributed by atoms with Gasteiger partial charge in [0.15, 0.2) is 11.6 Å². The lowest BCUT2D eigenvalue weighted by atomic mass is 10.2. The van der Waals surface area contributed by atoms with Crippen molar-refractivity contribution in [2.45, 2.75) is 20.3 Å². The van der Waals surface area contributed by atoms with Crippen molar-refractivity contribution in [3.63, 3.8) is 0 Å². The van der Waals surface area contributed by atoms with Crippen LogP contribution >= 0.6 is 0 Å². The number of hydrogen-bond donors (Lipinski definition) is 1. The number of aryl methyl sites for hydroxylation is 1. The van der Waals surface area contributed by atoms with E-state index in [9.17, 15) is 4.79 Å². The number of ketones is 1. The Morgan fingerprint density at radius 2 is 1.96 bits per heavy atom. The summed E-state index contributed by atoms with van der Waals surface area (Å²) in [5.41, 5.74) is 3.73. The van der Waals surface area contributed by atoms with Crippen LogP contribution in [-0.2, 0) is 0 Å². The molecule has 1 N–H and O–H groups in total. The van der Waals surface area contributed by atoms with E-state index < -0.39 is 0 Å². The van der Waals surface area contributed by atoms with Crippen molar-refractivity contribution >= 4 is 22.8 Å². The Morgan fingerprint density at radius 3 is 2.70 bits per heavy atom. The Balaban J connectivity index is 1.89. The van der Waals surface area contributed by atoms with E-state index in [1.54, 1.807) is 23.1 Å². The highest BCUT2D eigenvalue weighted by Crippen LogP contribution is 2.24. The molecule has 0 atom stereocenters. The minimum absolute atomic E-state index is 0.0607. The molecule has 0 unspecified atom stereocenters. The summed E-state index contributed by atoms with van der Waals surface area (Å²) >= 11 is 0. The molecule has 0 bridgehead atoms. The quantitative estimate of drug-likeness (QED) is 0.546. The molecule has 0 aliphatic carbocycles. The lowest BCUT2D eigenvalue weighted by molar-refractivity contribution is 0.0988. The molecule has 27 heavy (non-hydrogen) atoms. The van der Waals surface area contributed by atoms with Crippen LogP contribution in [0, 0.1) is 6.92 Å². The van der Waals surface area contributed by atoms with E-state index in [1.165, 1.54) is 0 Å². The normalized spacial score (nSPS) is 10.9. The van der Waals surface area contributed by atoms with E-state index in [0.29, 0.717) is 29.3 Å². The van der Waals surface area contributed by atoms with Crippen LogP contribution in [0.5, 0.6) is 0 Å². The standard InChI is InChI=1S/C20H18N6O/c1-3-18(27)14-11-17-20(23-15-7-9-21-10-8-15)24-19(25-26(17)12-14)16-6-4-5-13(2)22-16/h4-12H,3H2,1-2H3,(H,21,23,24,25). The fourth-order valence-corrected chi connectivity index (χ4v) is 2.80. The fraction of sp³-hybridized carbons (Fsp3) is 0.150. The predicted octanol–water partition coefficient (Wildman–Crippen LogP) is 3.83. The van der Waals surface area contributed by atoms with Crippen LogP contribution < -0.4 is 5.32 Å². The number of carbonyl (C=O) groups excluding carboxylic acids is 1. The molecule has 0 aliphatic heterocycles. The maximum Gasteiger partial charge on any atom is 0.200 e. The summed E-state index contributed by atoms with van der Waals surface area (Å²) in [6, 6.07) is 11.2. The highest BCUT2D eigenvalue weighted by Gasteiger charge is 2.15. The number of rotatable bonds is 5. The molecule has 4 heterocycles. The number of hydrogen-bond acceptors (Lipinski definition) is 6. The molecule has 0 saturated carbocycles. The van der Waals surface area contributed by atoms with Gasteiger partial charge >= 0.3 is 0 Å². The molecule has 0 spiro atoms. The number of carbonyl (C=O) groups is 1. The van der Waals surface area contributed by atoms with Gasteiger partial charge in [0, 0.05) is 42.0 Å². The number of aromatic nitrogens is 5. The molecular weight excluding hydrogens is 340 g/mol. The maximum absolute atomic E-state index is 12.1. The Kier molecular flexibility index (Phi) is 4.33. The minimum Gasteiger partial charge on any atom is -0.338 e. The molecule has 4 aromatic heterocycles. The number of Topliss-reactive ketones (excluding diaryl/α,β-unsaturated/α-hetero) is 1. The maximum atomic E-state index is 12.1. The van der Waals surface area contributed by atoms with Gasteiger partial charge < -0.3 is 5.32 Å². The van der Waals surface area contributed by atoms with Gasteiger partial charge in [-0.1, -0.05) is 13.0 Å². The van der Waals surface area contributed by atoms with Gasteiger partial charge in [-0.3, -0.25) is 9.78 Å². The molecule has 0 saturated heterocycles. The second kappa shape index (κ2) is 6.95. The van der Waals surface area contributed by atoms with E-state index in [-0.39, 0.29) is 5.78 Å². The highest BCUT2D eigenvalue weighted by molar-refractivity contribution is 5.98. The molecule has 0 aromatic carbocycles. The zero-order valence-electron chi connectivity index (χ0n) is 15.0. The third-order valence-electron chi connectivity index (χ3n) is 4.17. The average Bonchev–Trinajstić information content (AvgIpc) is 3.13. The molecule has 7 nitrogen and oxygen atoms in total. The van der Waals surface area contributed by atoms with E-state index in [4.69, 9.17) is 0 Å². The largest absolute Gasteiger partial charge is 0.338 e. The van der Waals surface area contributed by atoms with Crippen molar-refractivity contribution < 1.29 is 4.79 Å². The predicted molar refractivity (Wildman–Crippen MR) is 103 cm³/mol. The lowest BCUT2D eigenvalue weighted by Gasteiger charge is -2.09. The van der Waals surface area contributed by atoms with Crippen LogP contribution in [0.3, 0.4) is 0 Å². The van der Waals surface area contributed by atoms with Crippen molar-refractivity contribution in [3.8, 4) is 11.5 Å². The van der Waals surface area contributed by atoms with E-state index in [1.807, 2.05) is 50.2 Å². The monoisotopic (exact) mass is 358 g/mol. The molecule has 134 valence electrons. The summed E-state index contributed by atoms with van der Waals surface area (Å²) in [5, 5.41) is 7.86. The number of anilines is 2. The summed E-state index contributed by atoms with van der Waals surface area (Å²) < 4.78 is 1.68. The zero-order valence-corrected chi connectivity index (χ0v) is 15.0. The number of nitrogens with zero attached hydrogens (tertiary/aromatic N) is 5. The van der Waals surface area contributed by atoms with Crippen LogP contribution in [0.4, 0.5) is 11.5 Å².